The van der Waals surface area contributed by atoms with Crippen LogP contribution in [-0.2, 0) is 16.6 Å². The van der Waals surface area contributed by atoms with Gasteiger partial charge in [-0.15, -0.1) is 11.3 Å². The molecule has 3 heterocycles. The van der Waals surface area contributed by atoms with Crippen LogP contribution in [0.4, 0.5) is 0 Å². The first-order chi connectivity index (χ1) is 13.1. The van der Waals surface area contributed by atoms with E-state index < -0.39 is 10.0 Å². The number of hydrogen-bond donors (Lipinski definition) is 2. The standard InChI is InChI=1S/C18H23N5O3S2/c1-10(2)15-7-13(14-9-21-23(11(3)4)17(14)22-15)18(24)20-8-12-5-6-16(27-12)28(19,25)26/h5-7,9-11H,8H2,1-4H3,(H,20,24)(H2,19,25,26). The highest BCUT2D eigenvalue weighted by molar-refractivity contribution is 7.91. The number of rotatable bonds is 6. The minimum atomic E-state index is -3.74. The van der Waals surface area contributed by atoms with Crippen molar-refractivity contribution in [1.82, 2.24) is 20.1 Å². The summed E-state index contributed by atoms with van der Waals surface area (Å²) in [6, 6.07) is 4.99. The van der Waals surface area contributed by atoms with E-state index in [0.29, 0.717) is 21.5 Å². The van der Waals surface area contributed by atoms with Crippen LogP contribution in [0.1, 0.15) is 60.6 Å². The Balaban J connectivity index is 1.91. The van der Waals surface area contributed by atoms with Crippen LogP contribution in [0.15, 0.2) is 28.6 Å². The molecule has 0 radical (unpaired) electrons. The van der Waals surface area contributed by atoms with Crippen LogP contribution in [0.2, 0.25) is 0 Å². The number of aromatic nitrogens is 3. The van der Waals surface area contributed by atoms with Crippen molar-refractivity contribution in [3.63, 3.8) is 0 Å². The van der Waals surface area contributed by atoms with Crippen molar-refractivity contribution in [3.8, 4) is 0 Å². The number of carbonyl (C=O) groups excluding carboxylic acids is 1. The summed E-state index contributed by atoms with van der Waals surface area (Å²) in [5, 5.41) is 13.0. The molecule has 150 valence electrons. The molecule has 1 amide bonds. The van der Waals surface area contributed by atoms with Gasteiger partial charge in [-0.25, -0.2) is 23.2 Å². The number of thiophene rings is 1. The highest BCUT2D eigenvalue weighted by Gasteiger charge is 2.19. The molecule has 3 N–H and O–H groups in total. The molecule has 0 spiro atoms. The first-order valence-electron chi connectivity index (χ1n) is 8.85. The maximum atomic E-state index is 12.9. The van der Waals surface area contributed by atoms with Gasteiger partial charge in [-0.1, -0.05) is 13.8 Å². The quantitative estimate of drug-likeness (QED) is 0.634. The molecule has 28 heavy (non-hydrogen) atoms. The van der Waals surface area contributed by atoms with Crippen LogP contribution >= 0.6 is 11.3 Å². The van der Waals surface area contributed by atoms with E-state index in [1.807, 2.05) is 27.7 Å². The average Bonchev–Trinajstić information content (AvgIpc) is 3.25. The number of hydrogen-bond acceptors (Lipinski definition) is 6. The second kappa shape index (κ2) is 7.61. The fraction of sp³-hybridized carbons (Fsp3) is 0.389. The maximum absolute atomic E-state index is 12.9. The zero-order chi connectivity index (χ0) is 20.6. The number of carbonyl (C=O) groups is 1. The van der Waals surface area contributed by atoms with Crippen molar-refractivity contribution in [1.29, 1.82) is 0 Å². The van der Waals surface area contributed by atoms with Gasteiger partial charge in [0.2, 0.25) is 10.0 Å². The molecule has 8 nitrogen and oxygen atoms in total. The highest BCUT2D eigenvalue weighted by atomic mass is 32.2. The van der Waals surface area contributed by atoms with Gasteiger partial charge in [-0.2, -0.15) is 5.10 Å². The Bertz CT molecular complexity index is 1130. The molecular weight excluding hydrogens is 398 g/mol. The van der Waals surface area contributed by atoms with Crippen molar-refractivity contribution in [2.45, 2.75) is 50.4 Å². The summed E-state index contributed by atoms with van der Waals surface area (Å²) >= 11 is 1.04. The Morgan fingerprint density at radius 3 is 2.57 bits per heavy atom. The highest BCUT2D eigenvalue weighted by Crippen LogP contribution is 2.25. The van der Waals surface area contributed by atoms with Crippen LogP contribution < -0.4 is 10.5 Å². The minimum Gasteiger partial charge on any atom is -0.347 e. The number of sulfonamides is 1. The van der Waals surface area contributed by atoms with Gasteiger partial charge in [-0.3, -0.25) is 4.79 Å². The van der Waals surface area contributed by atoms with Crippen LogP contribution in [0.25, 0.3) is 11.0 Å². The summed E-state index contributed by atoms with van der Waals surface area (Å²) < 4.78 is 24.7. The number of nitrogens with zero attached hydrogens (tertiary/aromatic N) is 3. The van der Waals surface area contributed by atoms with E-state index in [0.717, 1.165) is 17.0 Å². The molecule has 3 aromatic heterocycles. The lowest BCUT2D eigenvalue weighted by atomic mass is 10.0. The monoisotopic (exact) mass is 421 g/mol. The summed E-state index contributed by atoms with van der Waals surface area (Å²) in [7, 11) is -3.74. The van der Waals surface area contributed by atoms with Crippen molar-refractivity contribution in [3.05, 3.63) is 40.5 Å². The van der Waals surface area contributed by atoms with E-state index in [9.17, 15) is 13.2 Å². The first-order valence-corrected chi connectivity index (χ1v) is 11.2. The third kappa shape index (κ3) is 4.08. The Morgan fingerprint density at radius 2 is 2.00 bits per heavy atom. The Labute approximate surface area is 167 Å². The van der Waals surface area contributed by atoms with Gasteiger partial charge in [-0.05, 0) is 38.0 Å². The van der Waals surface area contributed by atoms with Gasteiger partial charge < -0.3 is 5.32 Å². The van der Waals surface area contributed by atoms with E-state index in [2.05, 4.69) is 15.4 Å². The number of nitrogens with two attached hydrogens (primary N) is 1. The van der Waals surface area contributed by atoms with Gasteiger partial charge in [0.25, 0.3) is 5.91 Å². The number of fused-ring (bicyclic) bond motifs is 1. The van der Waals surface area contributed by atoms with Crippen LogP contribution in [-0.4, -0.2) is 29.1 Å². The van der Waals surface area contributed by atoms with Gasteiger partial charge in [0, 0.05) is 16.6 Å². The van der Waals surface area contributed by atoms with E-state index in [1.165, 1.54) is 6.07 Å². The molecule has 3 aromatic rings. The minimum absolute atomic E-state index is 0.0726. The topological polar surface area (TPSA) is 120 Å². The third-order valence-corrected chi connectivity index (χ3v) is 6.78. The largest absolute Gasteiger partial charge is 0.347 e. The summed E-state index contributed by atoms with van der Waals surface area (Å²) in [5.74, 6) is -0.107. The van der Waals surface area contributed by atoms with Crippen molar-refractivity contribution < 1.29 is 13.2 Å². The number of primary sulfonamides is 1. The molecule has 0 saturated carbocycles. The molecule has 0 aliphatic carbocycles. The summed E-state index contributed by atoms with van der Waals surface area (Å²) in [5.41, 5.74) is 2.00. The lowest BCUT2D eigenvalue weighted by Crippen LogP contribution is -2.23. The molecular formula is C18H23N5O3S2. The number of pyridine rings is 1. The fourth-order valence-corrected chi connectivity index (χ4v) is 4.49. The maximum Gasteiger partial charge on any atom is 0.252 e. The molecule has 3 rings (SSSR count). The normalized spacial score (nSPS) is 12.2. The summed E-state index contributed by atoms with van der Waals surface area (Å²) in [4.78, 5) is 18.3. The lowest BCUT2D eigenvalue weighted by molar-refractivity contribution is 0.0952. The van der Waals surface area contributed by atoms with Crippen LogP contribution in [0, 0.1) is 0 Å². The zero-order valence-electron chi connectivity index (χ0n) is 16.1. The molecule has 0 fully saturated rings. The number of nitrogens with one attached hydrogen (secondary N) is 1. The van der Waals surface area contributed by atoms with E-state index in [1.54, 1.807) is 23.0 Å². The molecule has 0 unspecified atom stereocenters. The Morgan fingerprint density at radius 1 is 1.29 bits per heavy atom. The Hall–Kier alpha value is -2.30. The first kappa shape index (κ1) is 20.4. The molecule has 10 heteroatoms. The zero-order valence-corrected chi connectivity index (χ0v) is 17.8. The van der Waals surface area contributed by atoms with Gasteiger partial charge in [0.05, 0.1) is 23.7 Å². The molecule has 0 saturated heterocycles. The van der Waals surface area contributed by atoms with Gasteiger partial charge >= 0.3 is 0 Å². The molecule has 0 aliphatic heterocycles. The second-order valence-corrected chi connectivity index (χ2v) is 10.1. The van der Waals surface area contributed by atoms with Crippen molar-refractivity contribution in [2.24, 2.45) is 5.14 Å². The second-order valence-electron chi connectivity index (χ2n) is 7.12. The predicted octanol–water partition coefficient (Wildman–Crippen LogP) is 2.77. The SMILES string of the molecule is CC(C)c1cc(C(=O)NCc2ccc(S(N)(=O)=O)s2)c2cnn(C(C)C)c2n1. The summed E-state index contributed by atoms with van der Waals surface area (Å²) in [6.07, 6.45) is 1.66. The van der Waals surface area contributed by atoms with Crippen molar-refractivity contribution >= 4 is 38.3 Å². The van der Waals surface area contributed by atoms with Gasteiger partial charge in [0.15, 0.2) is 5.65 Å². The molecule has 0 atom stereocenters. The molecule has 0 aliphatic rings. The smallest absolute Gasteiger partial charge is 0.252 e. The van der Waals surface area contributed by atoms with E-state index >= 15 is 0 Å². The molecule has 0 aromatic carbocycles. The van der Waals surface area contributed by atoms with Gasteiger partial charge in [0.1, 0.15) is 4.21 Å². The Kier molecular flexibility index (Phi) is 5.55. The van der Waals surface area contributed by atoms with Crippen LogP contribution in [0.3, 0.4) is 0 Å². The number of amides is 1. The molecule has 0 bridgehead atoms. The van der Waals surface area contributed by atoms with Crippen molar-refractivity contribution in [2.75, 3.05) is 0 Å². The lowest BCUT2D eigenvalue weighted by Gasteiger charge is -2.12. The fourth-order valence-electron chi connectivity index (χ4n) is 2.77. The average molecular weight is 422 g/mol. The van der Waals surface area contributed by atoms with E-state index in [-0.39, 0.29) is 28.6 Å². The third-order valence-electron chi connectivity index (χ3n) is 4.25. The predicted molar refractivity (Wildman–Crippen MR) is 109 cm³/mol. The van der Waals surface area contributed by atoms with Crippen LogP contribution in [0.5, 0.6) is 0 Å². The van der Waals surface area contributed by atoms with E-state index in [4.69, 9.17) is 5.14 Å². The summed E-state index contributed by atoms with van der Waals surface area (Å²) in [6.45, 7) is 8.27.